The van der Waals surface area contributed by atoms with Crippen LogP contribution in [0.3, 0.4) is 0 Å². The number of hydrogen-bond donors (Lipinski definition) is 1. The second kappa shape index (κ2) is 8.56. The van der Waals surface area contributed by atoms with Crippen molar-refractivity contribution in [2.75, 3.05) is 13.1 Å². The predicted molar refractivity (Wildman–Crippen MR) is 67.6 cm³/mol. The largest absolute Gasteiger partial charge is 0.481 e. The molecule has 0 saturated heterocycles. The first kappa shape index (κ1) is 15.4. The zero-order valence-electron chi connectivity index (χ0n) is 10.4. The van der Waals surface area contributed by atoms with E-state index in [4.69, 9.17) is 5.11 Å². The minimum absolute atomic E-state index is 0.0194. The van der Waals surface area contributed by atoms with Crippen LogP contribution in [0.25, 0.3) is 0 Å². The number of hydrogen-bond acceptors (Lipinski definition) is 2. The van der Waals surface area contributed by atoms with Gasteiger partial charge in [-0.1, -0.05) is 12.2 Å². The predicted octanol–water partition coefficient (Wildman–Crippen LogP) is 2.08. The minimum atomic E-state index is -0.889. The molecule has 0 aromatic heterocycles. The second-order valence-electron chi connectivity index (χ2n) is 3.81. The number of nitrogens with zero attached hydrogens (tertiary/aromatic N) is 1. The monoisotopic (exact) mass is 239 g/mol. The Morgan fingerprint density at radius 2 is 1.82 bits per heavy atom. The van der Waals surface area contributed by atoms with Gasteiger partial charge in [-0.15, -0.1) is 13.2 Å². The number of carboxylic acid groups (broad SMARTS) is 1. The van der Waals surface area contributed by atoms with Crippen molar-refractivity contribution < 1.29 is 14.7 Å². The van der Waals surface area contributed by atoms with E-state index in [-0.39, 0.29) is 24.8 Å². The number of aliphatic carboxylic acids is 1. The Bertz CT molecular complexity index is 276. The van der Waals surface area contributed by atoms with Crippen molar-refractivity contribution in [3.05, 3.63) is 25.3 Å². The number of rotatable bonds is 9. The highest BCUT2D eigenvalue weighted by Gasteiger charge is 2.21. The average Bonchev–Trinajstić information content (AvgIpc) is 2.29. The SMILES string of the molecule is C=CCC(CC=C)C(=O)N(CC)CCC(=O)O. The quantitative estimate of drug-likeness (QED) is 0.627. The first-order valence-corrected chi connectivity index (χ1v) is 5.79. The number of carbonyl (C=O) groups is 2. The van der Waals surface area contributed by atoms with E-state index in [1.807, 2.05) is 6.92 Å². The summed E-state index contributed by atoms with van der Waals surface area (Å²) in [5.74, 6) is -1.08. The van der Waals surface area contributed by atoms with Gasteiger partial charge in [0.05, 0.1) is 6.42 Å². The maximum absolute atomic E-state index is 12.1. The lowest BCUT2D eigenvalue weighted by Gasteiger charge is -2.24. The summed E-state index contributed by atoms with van der Waals surface area (Å²) >= 11 is 0. The fraction of sp³-hybridized carbons (Fsp3) is 0.538. The molecule has 0 aromatic rings. The van der Waals surface area contributed by atoms with Crippen LogP contribution in [-0.4, -0.2) is 35.0 Å². The van der Waals surface area contributed by atoms with E-state index in [0.29, 0.717) is 19.4 Å². The molecule has 1 amide bonds. The number of carboxylic acids is 1. The summed E-state index contributed by atoms with van der Waals surface area (Å²) in [6.07, 6.45) is 4.57. The zero-order chi connectivity index (χ0) is 13.3. The molecule has 0 saturated carbocycles. The van der Waals surface area contributed by atoms with E-state index in [1.165, 1.54) is 0 Å². The summed E-state index contributed by atoms with van der Waals surface area (Å²) in [5.41, 5.74) is 0. The van der Waals surface area contributed by atoms with Gasteiger partial charge in [0.1, 0.15) is 0 Å². The van der Waals surface area contributed by atoms with Crippen molar-refractivity contribution in [1.29, 1.82) is 0 Å². The molecule has 4 heteroatoms. The Morgan fingerprint density at radius 1 is 1.29 bits per heavy atom. The summed E-state index contributed by atoms with van der Waals surface area (Å²) in [5, 5.41) is 8.61. The van der Waals surface area contributed by atoms with Gasteiger partial charge in [0.25, 0.3) is 0 Å². The third-order valence-electron chi connectivity index (χ3n) is 2.54. The molecule has 0 aromatic carbocycles. The lowest BCUT2D eigenvalue weighted by Crippen LogP contribution is -2.37. The molecule has 96 valence electrons. The summed E-state index contributed by atoms with van der Waals surface area (Å²) in [7, 11) is 0. The van der Waals surface area contributed by atoms with Gasteiger partial charge >= 0.3 is 5.97 Å². The Kier molecular flexibility index (Phi) is 7.76. The van der Waals surface area contributed by atoms with Crippen LogP contribution in [-0.2, 0) is 9.59 Å². The standard InChI is InChI=1S/C13H21NO3/c1-4-7-11(8-5-2)13(17)14(6-3)10-9-12(15)16/h4-5,11H,1-2,6-10H2,3H3,(H,15,16). The van der Waals surface area contributed by atoms with Crippen LogP contribution in [0, 0.1) is 5.92 Å². The van der Waals surface area contributed by atoms with Crippen LogP contribution >= 0.6 is 0 Å². The highest BCUT2D eigenvalue weighted by Crippen LogP contribution is 2.14. The molecule has 0 aliphatic rings. The fourth-order valence-electron chi connectivity index (χ4n) is 1.61. The van der Waals surface area contributed by atoms with Gasteiger partial charge in [-0.25, -0.2) is 0 Å². The van der Waals surface area contributed by atoms with Crippen LogP contribution < -0.4 is 0 Å². The van der Waals surface area contributed by atoms with E-state index in [9.17, 15) is 9.59 Å². The van der Waals surface area contributed by atoms with Gasteiger partial charge in [0.2, 0.25) is 5.91 Å². The van der Waals surface area contributed by atoms with Crippen LogP contribution in [0.1, 0.15) is 26.2 Å². The number of allylic oxidation sites excluding steroid dienone is 2. The molecule has 1 N–H and O–H groups in total. The smallest absolute Gasteiger partial charge is 0.305 e. The fourth-order valence-corrected chi connectivity index (χ4v) is 1.61. The van der Waals surface area contributed by atoms with Crippen molar-refractivity contribution in [2.24, 2.45) is 5.92 Å². The molecule has 0 spiro atoms. The molecule has 0 aliphatic heterocycles. The van der Waals surface area contributed by atoms with Crippen molar-refractivity contribution in [3.63, 3.8) is 0 Å². The number of carbonyl (C=O) groups excluding carboxylic acids is 1. The summed E-state index contributed by atoms with van der Waals surface area (Å²) in [6.45, 7) is 9.88. The van der Waals surface area contributed by atoms with Crippen molar-refractivity contribution >= 4 is 11.9 Å². The van der Waals surface area contributed by atoms with Crippen molar-refractivity contribution in [1.82, 2.24) is 4.90 Å². The molecule has 4 nitrogen and oxygen atoms in total. The third-order valence-corrected chi connectivity index (χ3v) is 2.54. The third kappa shape index (κ3) is 5.90. The molecule has 0 aliphatic carbocycles. The molecule has 0 rings (SSSR count). The lowest BCUT2D eigenvalue weighted by atomic mass is 9.99. The highest BCUT2D eigenvalue weighted by molar-refractivity contribution is 5.79. The van der Waals surface area contributed by atoms with Gasteiger partial charge < -0.3 is 10.0 Å². The van der Waals surface area contributed by atoms with Gasteiger partial charge in [-0.3, -0.25) is 9.59 Å². The summed E-state index contributed by atoms with van der Waals surface area (Å²) < 4.78 is 0. The van der Waals surface area contributed by atoms with Crippen molar-refractivity contribution in [2.45, 2.75) is 26.2 Å². The highest BCUT2D eigenvalue weighted by atomic mass is 16.4. The van der Waals surface area contributed by atoms with E-state index < -0.39 is 5.97 Å². The number of amides is 1. The molecular weight excluding hydrogens is 218 g/mol. The maximum atomic E-state index is 12.1. The van der Waals surface area contributed by atoms with Crippen LogP contribution in [0.5, 0.6) is 0 Å². The van der Waals surface area contributed by atoms with Crippen LogP contribution in [0.4, 0.5) is 0 Å². The van der Waals surface area contributed by atoms with E-state index >= 15 is 0 Å². The Labute approximate surface area is 103 Å². The molecule has 0 radical (unpaired) electrons. The van der Waals surface area contributed by atoms with Gasteiger partial charge in [0.15, 0.2) is 0 Å². The molecule has 0 unspecified atom stereocenters. The normalized spacial score (nSPS) is 10.0. The van der Waals surface area contributed by atoms with Gasteiger partial charge in [-0.05, 0) is 19.8 Å². The Hall–Kier alpha value is -1.58. The van der Waals surface area contributed by atoms with Gasteiger partial charge in [0, 0.05) is 19.0 Å². The second-order valence-corrected chi connectivity index (χ2v) is 3.81. The van der Waals surface area contributed by atoms with Crippen molar-refractivity contribution in [3.8, 4) is 0 Å². The van der Waals surface area contributed by atoms with E-state index in [1.54, 1.807) is 17.1 Å². The molecule has 17 heavy (non-hydrogen) atoms. The zero-order valence-corrected chi connectivity index (χ0v) is 10.4. The van der Waals surface area contributed by atoms with E-state index in [2.05, 4.69) is 13.2 Å². The Balaban J connectivity index is 4.50. The summed E-state index contributed by atoms with van der Waals surface area (Å²) in [6, 6.07) is 0. The average molecular weight is 239 g/mol. The van der Waals surface area contributed by atoms with Crippen LogP contribution in [0.15, 0.2) is 25.3 Å². The molecule has 0 heterocycles. The molecule has 0 bridgehead atoms. The minimum Gasteiger partial charge on any atom is -0.481 e. The van der Waals surface area contributed by atoms with Gasteiger partial charge in [-0.2, -0.15) is 0 Å². The molecule has 0 atom stereocenters. The lowest BCUT2D eigenvalue weighted by molar-refractivity contribution is -0.139. The molecule has 0 fully saturated rings. The summed E-state index contributed by atoms with van der Waals surface area (Å²) in [4.78, 5) is 24.2. The van der Waals surface area contributed by atoms with E-state index in [0.717, 1.165) is 0 Å². The molecular formula is C13H21NO3. The maximum Gasteiger partial charge on any atom is 0.305 e. The van der Waals surface area contributed by atoms with Crippen LogP contribution in [0.2, 0.25) is 0 Å². The first-order valence-electron chi connectivity index (χ1n) is 5.79. The first-order chi connectivity index (χ1) is 8.06. The topological polar surface area (TPSA) is 57.6 Å². The Morgan fingerprint density at radius 3 is 2.18 bits per heavy atom.